The Hall–Kier alpha value is -2.11. The van der Waals surface area contributed by atoms with E-state index in [4.69, 9.17) is 10.8 Å². The van der Waals surface area contributed by atoms with Crippen molar-refractivity contribution >= 4 is 17.7 Å². The Labute approximate surface area is 112 Å². The fraction of sp³-hybridized carbons (Fsp3) is 0.462. The minimum absolute atomic E-state index is 0.0259. The molecule has 104 valence electrons. The van der Waals surface area contributed by atoms with Crippen LogP contribution in [-0.4, -0.2) is 35.1 Å². The second-order valence-corrected chi connectivity index (χ2v) is 4.24. The van der Waals surface area contributed by atoms with Gasteiger partial charge < -0.3 is 15.7 Å². The maximum absolute atomic E-state index is 11.1. The third kappa shape index (κ3) is 4.24. The van der Waals surface area contributed by atoms with E-state index >= 15 is 0 Å². The topological polar surface area (TPSA) is 96.5 Å². The molecule has 1 aromatic heterocycles. The number of pyridine rings is 1. The zero-order valence-electron chi connectivity index (χ0n) is 11.2. The first kappa shape index (κ1) is 14.9. The predicted molar refractivity (Wildman–Crippen MR) is 72.3 cm³/mol. The van der Waals surface area contributed by atoms with E-state index in [2.05, 4.69) is 4.98 Å². The maximum atomic E-state index is 11.1. The summed E-state index contributed by atoms with van der Waals surface area (Å²) < 4.78 is 0. The van der Waals surface area contributed by atoms with Crippen molar-refractivity contribution in [2.75, 3.05) is 18.0 Å². The molecule has 0 spiro atoms. The van der Waals surface area contributed by atoms with Crippen molar-refractivity contribution in [2.24, 2.45) is 5.73 Å². The van der Waals surface area contributed by atoms with E-state index in [0.717, 1.165) is 6.42 Å². The monoisotopic (exact) mass is 265 g/mol. The zero-order valence-corrected chi connectivity index (χ0v) is 11.2. The molecule has 0 saturated carbocycles. The van der Waals surface area contributed by atoms with Gasteiger partial charge in [-0.3, -0.25) is 4.79 Å². The fourth-order valence-corrected chi connectivity index (χ4v) is 1.78. The highest BCUT2D eigenvalue weighted by Gasteiger charge is 2.14. The summed E-state index contributed by atoms with van der Waals surface area (Å²) in [6.45, 7) is 4.41. The molecule has 1 aromatic rings. The van der Waals surface area contributed by atoms with Crippen LogP contribution in [0.15, 0.2) is 12.1 Å². The van der Waals surface area contributed by atoms with E-state index in [-0.39, 0.29) is 12.1 Å². The van der Waals surface area contributed by atoms with Crippen LogP contribution in [-0.2, 0) is 11.2 Å². The van der Waals surface area contributed by atoms with E-state index in [1.165, 1.54) is 6.07 Å². The summed E-state index contributed by atoms with van der Waals surface area (Å²) in [6.07, 6.45) is 1.57. The molecule has 1 rings (SSSR count). The second kappa shape index (κ2) is 6.72. The first-order valence-electron chi connectivity index (χ1n) is 6.25. The van der Waals surface area contributed by atoms with Crippen LogP contribution in [0.25, 0.3) is 0 Å². The van der Waals surface area contributed by atoms with Gasteiger partial charge in [0.05, 0.1) is 12.1 Å². The molecule has 19 heavy (non-hydrogen) atoms. The van der Waals surface area contributed by atoms with Gasteiger partial charge in [0.1, 0.15) is 5.82 Å². The molecule has 3 N–H and O–H groups in total. The molecule has 6 nitrogen and oxygen atoms in total. The van der Waals surface area contributed by atoms with Gasteiger partial charge in [0.15, 0.2) is 0 Å². The third-order valence-corrected chi connectivity index (χ3v) is 2.67. The molecule has 6 heteroatoms. The molecular formula is C13H19N3O3. The number of carbonyl (C=O) groups is 2. The normalized spacial score (nSPS) is 10.2. The van der Waals surface area contributed by atoms with Gasteiger partial charge in [0.25, 0.3) is 0 Å². The number of aryl methyl sites for hydroxylation is 1. The number of amides is 1. The summed E-state index contributed by atoms with van der Waals surface area (Å²) in [4.78, 5) is 28.2. The van der Waals surface area contributed by atoms with Crippen molar-refractivity contribution in [3.05, 3.63) is 23.4 Å². The number of aromatic nitrogens is 1. The minimum atomic E-state index is -1.00. The largest absolute Gasteiger partial charge is 0.478 e. The van der Waals surface area contributed by atoms with Gasteiger partial charge in [0.2, 0.25) is 5.91 Å². The number of anilines is 1. The maximum Gasteiger partial charge on any atom is 0.335 e. The molecule has 0 aliphatic heterocycles. The number of carboxylic acid groups (broad SMARTS) is 1. The first-order valence-corrected chi connectivity index (χ1v) is 6.25. The second-order valence-electron chi connectivity index (χ2n) is 4.24. The third-order valence-electron chi connectivity index (χ3n) is 2.67. The van der Waals surface area contributed by atoms with E-state index in [1.807, 2.05) is 13.8 Å². The van der Waals surface area contributed by atoms with Crippen LogP contribution < -0.4 is 10.6 Å². The minimum Gasteiger partial charge on any atom is -0.478 e. The molecule has 1 heterocycles. The van der Waals surface area contributed by atoms with Gasteiger partial charge >= 0.3 is 5.97 Å². The lowest BCUT2D eigenvalue weighted by molar-refractivity contribution is -0.116. The number of primary amides is 1. The van der Waals surface area contributed by atoms with Gasteiger partial charge in [-0.15, -0.1) is 0 Å². The molecule has 0 radical (unpaired) electrons. The van der Waals surface area contributed by atoms with Crippen LogP contribution in [0.5, 0.6) is 0 Å². The molecule has 0 atom stereocenters. The summed E-state index contributed by atoms with van der Waals surface area (Å²) in [5.41, 5.74) is 6.06. The van der Waals surface area contributed by atoms with Crippen molar-refractivity contribution in [1.29, 1.82) is 0 Å². The first-order chi connectivity index (χ1) is 8.97. The zero-order chi connectivity index (χ0) is 14.4. The Morgan fingerprint density at radius 1 is 1.37 bits per heavy atom. The van der Waals surface area contributed by atoms with Crippen molar-refractivity contribution in [3.8, 4) is 0 Å². The predicted octanol–water partition coefficient (Wildman–Crippen LogP) is 1.04. The number of hydrogen-bond donors (Lipinski definition) is 2. The van der Waals surface area contributed by atoms with Gasteiger partial charge in [-0.1, -0.05) is 13.3 Å². The molecule has 0 unspecified atom stereocenters. The lowest BCUT2D eigenvalue weighted by Crippen LogP contribution is -2.34. The molecule has 0 saturated heterocycles. The van der Waals surface area contributed by atoms with Crippen LogP contribution in [0.4, 0.5) is 5.82 Å². The van der Waals surface area contributed by atoms with E-state index in [1.54, 1.807) is 11.0 Å². The average Bonchev–Trinajstić information content (AvgIpc) is 2.35. The van der Waals surface area contributed by atoms with Crippen molar-refractivity contribution in [2.45, 2.75) is 26.7 Å². The van der Waals surface area contributed by atoms with Crippen LogP contribution in [0.3, 0.4) is 0 Å². The van der Waals surface area contributed by atoms with Crippen molar-refractivity contribution in [3.63, 3.8) is 0 Å². The summed E-state index contributed by atoms with van der Waals surface area (Å²) in [5.74, 6) is -0.998. The molecule has 0 aliphatic rings. The Morgan fingerprint density at radius 3 is 2.53 bits per heavy atom. The molecule has 0 aromatic carbocycles. The molecule has 0 fully saturated rings. The molecule has 0 aliphatic carbocycles. The average molecular weight is 265 g/mol. The summed E-state index contributed by atoms with van der Waals surface area (Å²) in [7, 11) is 0. The van der Waals surface area contributed by atoms with E-state index < -0.39 is 11.9 Å². The number of hydrogen-bond acceptors (Lipinski definition) is 4. The summed E-state index contributed by atoms with van der Waals surface area (Å²) in [5, 5.41) is 9.10. The number of likely N-dealkylation sites (N-methyl/N-ethyl adjacent to an activating group) is 1. The van der Waals surface area contributed by atoms with E-state index in [9.17, 15) is 9.59 Å². The Bertz CT molecular complexity index is 474. The number of aromatic carboxylic acids is 1. The standard InChI is InChI=1S/C13H19N3O3/c1-3-5-10-6-9(13(18)19)7-12(15-10)16(4-2)8-11(14)17/h6-7H,3-5,8H2,1-2H3,(H2,14,17)(H,18,19). The summed E-state index contributed by atoms with van der Waals surface area (Å²) >= 11 is 0. The number of rotatable bonds is 7. The van der Waals surface area contributed by atoms with E-state index in [0.29, 0.717) is 24.5 Å². The molecule has 0 bridgehead atoms. The highest BCUT2D eigenvalue weighted by molar-refractivity contribution is 5.89. The lowest BCUT2D eigenvalue weighted by Gasteiger charge is -2.21. The SMILES string of the molecule is CCCc1cc(C(=O)O)cc(N(CC)CC(N)=O)n1. The van der Waals surface area contributed by atoms with Gasteiger partial charge in [0, 0.05) is 12.2 Å². The van der Waals surface area contributed by atoms with Crippen LogP contribution in [0.1, 0.15) is 36.3 Å². The lowest BCUT2D eigenvalue weighted by atomic mass is 10.1. The number of carboxylic acids is 1. The Kier molecular flexibility index (Phi) is 5.29. The van der Waals surface area contributed by atoms with Gasteiger partial charge in [-0.05, 0) is 25.5 Å². The number of nitrogens with zero attached hydrogens (tertiary/aromatic N) is 2. The van der Waals surface area contributed by atoms with Crippen molar-refractivity contribution < 1.29 is 14.7 Å². The summed E-state index contributed by atoms with van der Waals surface area (Å²) in [6, 6.07) is 3.03. The highest BCUT2D eigenvalue weighted by atomic mass is 16.4. The Morgan fingerprint density at radius 2 is 2.05 bits per heavy atom. The van der Waals surface area contributed by atoms with Crippen LogP contribution in [0, 0.1) is 0 Å². The smallest absolute Gasteiger partial charge is 0.335 e. The molecular weight excluding hydrogens is 246 g/mol. The van der Waals surface area contributed by atoms with Gasteiger partial charge in [-0.2, -0.15) is 0 Å². The van der Waals surface area contributed by atoms with Crippen molar-refractivity contribution in [1.82, 2.24) is 4.98 Å². The highest BCUT2D eigenvalue weighted by Crippen LogP contribution is 2.16. The number of carbonyl (C=O) groups excluding carboxylic acids is 1. The molecule has 1 amide bonds. The van der Waals surface area contributed by atoms with Crippen LogP contribution >= 0.6 is 0 Å². The van der Waals surface area contributed by atoms with Gasteiger partial charge in [-0.25, -0.2) is 9.78 Å². The number of nitrogens with two attached hydrogens (primary N) is 1. The van der Waals surface area contributed by atoms with Crippen LogP contribution in [0.2, 0.25) is 0 Å². The Balaban J connectivity index is 3.16. The quantitative estimate of drug-likeness (QED) is 0.768. The fourth-order valence-electron chi connectivity index (χ4n) is 1.78.